The Morgan fingerprint density at radius 3 is 2.50 bits per heavy atom. The molecule has 0 saturated heterocycles. The molecule has 4 rings (SSSR count). The number of carbonyl (C=O) groups excluding carboxylic acids is 1. The summed E-state index contributed by atoms with van der Waals surface area (Å²) in [7, 11) is -4.49. The van der Waals surface area contributed by atoms with Crippen LogP contribution in [0.25, 0.3) is 0 Å². The second-order valence-corrected chi connectivity index (χ2v) is 7.80. The Kier molecular flexibility index (Phi) is 4.38. The van der Waals surface area contributed by atoms with E-state index in [1.165, 1.54) is 29.4 Å². The van der Waals surface area contributed by atoms with Gasteiger partial charge in [-0.1, -0.05) is 12.1 Å². The van der Waals surface area contributed by atoms with E-state index in [9.17, 15) is 22.0 Å². The van der Waals surface area contributed by atoms with E-state index in [0.717, 1.165) is 23.8 Å². The van der Waals surface area contributed by atoms with Crippen LogP contribution in [0.4, 0.5) is 20.2 Å². The molecule has 0 bridgehead atoms. The molecule has 0 radical (unpaired) electrons. The molecular formula is C19H14F2N2O4S. The van der Waals surface area contributed by atoms with Crippen LogP contribution in [-0.2, 0) is 16.4 Å². The second kappa shape index (κ2) is 6.75. The van der Waals surface area contributed by atoms with Crippen molar-refractivity contribution in [2.75, 3.05) is 16.2 Å². The number of fused-ring (bicyclic) bond motifs is 1. The SMILES string of the molecule is O=C(c1ccco1)N1CCc2ccc(NS(=O)(=O)c3c(F)cccc3F)cc21. The Morgan fingerprint density at radius 1 is 1.07 bits per heavy atom. The molecule has 0 saturated carbocycles. The first kappa shape index (κ1) is 18.2. The van der Waals surface area contributed by atoms with E-state index >= 15 is 0 Å². The number of carbonyl (C=O) groups is 1. The average molecular weight is 404 g/mol. The molecule has 144 valence electrons. The molecule has 3 aromatic rings. The molecule has 6 nitrogen and oxygen atoms in total. The third-order valence-electron chi connectivity index (χ3n) is 4.40. The van der Waals surface area contributed by atoms with Gasteiger partial charge in [-0.3, -0.25) is 9.52 Å². The number of amides is 1. The molecule has 0 spiro atoms. The molecule has 0 fully saturated rings. The lowest BCUT2D eigenvalue weighted by molar-refractivity contribution is 0.0963. The maximum absolute atomic E-state index is 13.9. The van der Waals surface area contributed by atoms with Crippen LogP contribution < -0.4 is 9.62 Å². The van der Waals surface area contributed by atoms with Crippen LogP contribution in [0.3, 0.4) is 0 Å². The molecule has 1 N–H and O–H groups in total. The van der Waals surface area contributed by atoms with Crippen molar-refractivity contribution in [3.05, 3.63) is 77.8 Å². The van der Waals surface area contributed by atoms with Crippen LogP contribution in [-0.4, -0.2) is 20.9 Å². The zero-order valence-electron chi connectivity index (χ0n) is 14.4. The minimum atomic E-state index is -4.49. The number of benzene rings is 2. The highest BCUT2D eigenvalue weighted by Crippen LogP contribution is 2.33. The minimum Gasteiger partial charge on any atom is -0.459 e. The van der Waals surface area contributed by atoms with Crippen molar-refractivity contribution in [1.29, 1.82) is 0 Å². The van der Waals surface area contributed by atoms with E-state index < -0.39 is 26.6 Å². The summed E-state index contributed by atoms with van der Waals surface area (Å²) in [6.07, 6.45) is 1.98. The van der Waals surface area contributed by atoms with Crippen molar-refractivity contribution in [3.63, 3.8) is 0 Å². The van der Waals surface area contributed by atoms with Gasteiger partial charge in [0.15, 0.2) is 10.7 Å². The van der Waals surface area contributed by atoms with E-state index in [0.29, 0.717) is 18.7 Å². The van der Waals surface area contributed by atoms with Gasteiger partial charge in [0.25, 0.3) is 15.9 Å². The van der Waals surface area contributed by atoms with E-state index in [1.54, 1.807) is 12.1 Å². The highest BCUT2D eigenvalue weighted by atomic mass is 32.2. The fourth-order valence-corrected chi connectivity index (χ4v) is 4.32. The minimum absolute atomic E-state index is 0.0838. The molecule has 0 aliphatic carbocycles. The highest BCUT2D eigenvalue weighted by Gasteiger charge is 2.29. The van der Waals surface area contributed by atoms with Gasteiger partial charge in [0.05, 0.1) is 12.0 Å². The molecular weight excluding hydrogens is 390 g/mol. The van der Waals surface area contributed by atoms with Crippen LogP contribution in [0.2, 0.25) is 0 Å². The number of sulfonamides is 1. The molecule has 1 aliphatic heterocycles. The van der Waals surface area contributed by atoms with Crippen molar-refractivity contribution >= 4 is 27.3 Å². The molecule has 1 amide bonds. The monoisotopic (exact) mass is 404 g/mol. The summed E-state index contributed by atoms with van der Waals surface area (Å²) in [5, 5.41) is 0. The zero-order valence-corrected chi connectivity index (χ0v) is 15.2. The Balaban J connectivity index is 1.66. The van der Waals surface area contributed by atoms with Gasteiger partial charge in [-0.2, -0.15) is 0 Å². The maximum Gasteiger partial charge on any atom is 0.293 e. The van der Waals surface area contributed by atoms with Gasteiger partial charge in [-0.05, 0) is 48.4 Å². The van der Waals surface area contributed by atoms with Crippen LogP contribution in [0.15, 0.2) is 64.1 Å². The standard InChI is InChI=1S/C19H14F2N2O4S/c20-14-3-1-4-15(21)18(14)28(25,26)22-13-7-6-12-8-9-23(16(12)11-13)19(24)17-5-2-10-27-17/h1-7,10-11,22H,8-9H2. The van der Waals surface area contributed by atoms with Crippen LogP contribution in [0, 0.1) is 11.6 Å². The zero-order chi connectivity index (χ0) is 19.9. The van der Waals surface area contributed by atoms with E-state index in [2.05, 4.69) is 4.72 Å². The van der Waals surface area contributed by atoms with Crippen molar-refractivity contribution in [2.24, 2.45) is 0 Å². The van der Waals surface area contributed by atoms with Crippen LogP contribution >= 0.6 is 0 Å². The van der Waals surface area contributed by atoms with Crippen molar-refractivity contribution in [3.8, 4) is 0 Å². The van der Waals surface area contributed by atoms with Gasteiger partial charge < -0.3 is 9.32 Å². The first-order valence-corrected chi connectivity index (χ1v) is 9.80. The van der Waals surface area contributed by atoms with E-state index in [-0.39, 0.29) is 17.4 Å². The Morgan fingerprint density at radius 2 is 1.82 bits per heavy atom. The van der Waals surface area contributed by atoms with Gasteiger partial charge in [0.1, 0.15) is 11.6 Å². The number of hydrogen-bond donors (Lipinski definition) is 1. The molecule has 1 aliphatic rings. The molecule has 2 heterocycles. The molecule has 9 heteroatoms. The number of rotatable bonds is 4. The van der Waals surface area contributed by atoms with Gasteiger partial charge in [-0.15, -0.1) is 0 Å². The Labute approximate surface area is 159 Å². The molecule has 28 heavy (non-hydrogen) atoms. The second-order valence-electron chi connectivity index (χ2n) is 6.18. The molecule has 2 aromatic carbocycles. The third-order valence-corrected chi connectivity index (χ3v) is 5.83. The predicted molar refractivity (Wildman–Crippen MR) is 97.7 cm³/mol. The summed E-state index contributed by atoms with van der Waals surface area (Å²) in [5.74, 6) is -2.58. The predicted octanol–water partition coefficient (Wildman–Crippen LogP) is 3.56. The number of nitrogens with one attached hydrogen (secondary N) is 1. The van der Waals surface area contributed by atoms with E-state index in [1.807, 2.05) is 0 Å². The number of hydrogen-bond acceptors (Lipinski definition) is 4. The number of halogens is 2. The van der Waals surface area contributed by atoms with Gasteiger partial charge in [0.2, 0.25) is 0 Å². The number of anilines is 2. The summed E-state index contributed by atoms with van der Waals surface area (Å²) >= 11 is 0. The largest absolute Gasteiger partial charge is 0.459 e. The smallest absolute Gasteiger partial charge is 0.293 e. The van der Waals surface area contributed by atoms with Crippen molar-refractivity contribution in [1.82, 2.24) is 0 Å². The van der Waals surface area contributed by atoms with Gasteiger partial charge >= 0.3 is 0 Å². The lowest BCUT2D eigenvalue weighted by atomic mass is 10.1. The topological polar surface area (TPSA) is 79.6 Å². The summed E-state index contributed by atoms with van der Waals surface area (Å²) in [5.41, 5.74) is 1.44. The maximum atomic E-state index is 13.9. The number of nitrogens with zero attached hydrogens (tertiary/aromatic N) is 1. The lowest BCUT2D eigenvalue weighted by Gasteiger charge is -2.17. The summed E-state index contributed by atoms with van der Waals surface area (Å²) in [6.45, 7) is 0.410. The van der Waals surface area contributed by atoms with Crippen molar-refractivity contribution < 1.29 is 26.4 Å². The number of furan rings is 1. The molecule has 1 aromatic heterocycles. The Bertz CT molecular complexity index is 1140. The highest BCUT2D eigenvalue weighted by molar-refractivity contribution is 7.92. The molecule has 0 atom stereocenters. The van der Waals surface area contributed by atoms with E-state index in [4.69, 9.17) is 4.42 Å². The Hall–Kier alpha value is -3.20. The van der Waals surface area contributed by atoms with Crippen LogP contribution in [0.5, 0.6) is 0 Å². The summed E-state index contributed by atoms with van der Waals surface area (Å²) in [4.78, 5) is 13.0. The fourth-order valence-electron chi connectivity index (χ4n) is 3.13. The van der Waals surface area contributed by atoms with Crippen LogP contribution in [0.1, 0.15) is 16.1 Å². The van der Waals surface area contributed by atoms with Gasteiger partial charge in [-0.25, -0.2) is 17.2 Å². The quantitative estimate of drug-likeness (QED) is 0.721. The molecule has 0 unspecified atom stereocenters. The average Bonchev–Trinajstić information content (AvgIpc) is 3.30. The van der Waals surface area contributed by atoms with Crippen molar-refractivity contribution in [2.45, 2.75) is 11.3 Å². The third kappa shape index (κ3) is 3.13. The normalized spacial score (nSPS) is 13.4. The summed E-state index contributed by atoms with van der Waals surface area (Å²) in [6, 6.07) is 10.5. The first-order chi connectivity index (χ1) is 13.4. The summed E-state index contributed by atoms with van der Waals surface area (Å²) < 4.78 is 60.0. The fraction of sp³-hybridized carbons (Fsp3) is 0.105. The lowest BCUT2D eigenvalue weighted by Crippen LogP contribution is -2.28. The first-order valence-electron chi connectivity index (χ1n) is 8.32. The van der Waals surface area contributed by atoms with Gasteiger partial charge in [0, 0.05) is 12.2 Å².